The molecule has 0 atom stereocenters. The van der Waals surface area contributed by atoms with Crippen LogP contribution in [-0.4, -0.2) is 28.1 Å². The molecule has 0 aliphatic rings. The number of hydrogen-bond acceptors (Lipinski definition) is 4. The van der Waals surface area contributed by atoms with Gasteiger partial charge in [0.15, 0.2) is 4.67 Å². The van der Waals surface area contributed by atoms with Crippen molar-refractivity contribution in [2.75, 3.05) is 6.54 Å². The zero-order chi connectivity index (χ0) is 17.8. The molecule has 0 spiro atoms. The van der Waals surface area contributed by atoms with Gasteiger partial charge in [0, 0.05) is 37.1 Å². The van der Waals surface area contributed by atoms with Crippen molar-refractivity contribution in [1.82, 2.24) is 14.9 Å². The second-order valence-corrected chi connectivity index (χ2v) is 6.79. The van der Waals surface area contributed by atoms with E-state index in [-0.39, 0.29) is 12.0 Å². The number of rotatable bonds is 7. The van der Waals surface area contributed by atoms with E-state index < -0.39 is 0 Å². The van der Waals surface area contributed by atoms with Crippen LogP contribution < -0.4 is 10.1 Å². The number of ether oxygens (including phenoxy) is 1. The van der Waals surface area contributed by atoms with Crippen LogP contribution in [0.5, 0.6) is 5.75 Å². The molecular weight excluding hydrogens is 386 g/mol. The van der Waals surface area contributed by atoms with Crippen molar-refractivity contribution >= 4 is 32.8 Å². The van der Waals surface area contributed by atoms with E-state index in [0.717, 1.165) is 18.4 Å². The molecule has 0 radical (unpaired) electrons. The molecule has 1 N–H and O–H groups in total. The average molecular weight is 406 g/mol. The summed E-state index contributed by atoms with van der Waals surface area (Å²) in [7, 11) is 0. The second kappa shape index (κ2) is 7.74. The summed E-state index contributed by atoms with van der Waals surface area (Å²) in [6, 6.07) is 5.34. The van der Waals surface area contributed by atoms with Crippen LogP contribution in [0.1, 0.15) is 30.6 Å². The number of carbonyl (C=O) groups is 1. The molecular formula is C18H20BrN3O3. The van der Waals surface area contributed by atoms with Crippen LogP contribution in [0.25, 0.3) is 11.0 Å². The summed E-state index contributed by atoms with van der Waals surface area (Å²) in [6.07, 6.45) is 6.24. The SMILES string of the molecule is CC(C)Oc1cc(C(=O)NCCCn2ccnc2)cc2oc(Br)cc12. The summed E-state index contributed by atoms with van der Waals surface area (Å²) in [4.78, 5) is 16.5. The van der Waals surface area contributed by atoms with E-state index >= 15 is 0 Å². The molecule has 2 heterocycles. The normalized spacial score (nSPS) is 11.2. The highest BCUT2D eigenvalue weighted by Gasteiger charge is 2.15. The van der Waals surface area contributed by atoms with Crippen LogP contribution in [0.4, 0.5) is 0 Å². The van der Waals surface area contributed by atoms with Gasteiger partial charge in [0.25, 0.3) is 5.91 Å². The Morgan fingerprint density at radius 1 is 1.40 bits per heavy atom. The van der Waals surface area contributed by atoms with E-state index in [1.54, 1.807) is 24.7 Å². The van der Waals surface area contributed by atoms with Crippen LogP contribution in [0.3, 0.4) is 0 Å². The van der Waals surface area contributed by atoms with E-state index in [9.17, 15) is 4.79 Å². The number of aryl methyl sites for hydroxylation is 1. The molecule has 6 nitrogen and oxygen atoms in total. The van der Waals surface area contributed by atoms with Crippen molar-refractivity contribution in [3.63, 3.8) is 0 Å². The molecule has 0 bridgehead atoms. The highest BCUT2D eigenvalue weighted by atomic mass is 79.9. The van der Waals surface area contributed by atoms with E-state index in [0.29, 0.717) is 28.1 Å². The zero-order valence-corrected chi connectivity index (χ0v) is 15.7. The maximum Gasteiger partial charge on any atom is 0.251 e. The lowest BCUT2D eigenvalue weighted by atomic mass is 10.1. The largest absolute Gasteiger partial charge is 0.490 e. The van der Waals surface area contributed by atoms with Gasteiger partial charge < -0.3 is 19.0 Å². The summed E-state index contributed by atoms with van der Waals surface area (Å²) in [6.45, 7) is 5.29. The third-order valence-electron chi connectivity index (χ3n) is 3.63. The van der Waals surface area contributed by atoms with Crippen molar-refractivity contribution in [2.45, 2.75) is 32.9 Å². The minimum Gasteiger partial charge on any atom is -0.490 e. The summed E-state index contributed by atoms with van der Waals surface area (Å²) in [5.41, 5.74) is 1.14. The molecule has 1 aromatic carbocycles. The van der Waals surface area contributed by atoms with Gasteiger partial charge in [0.1, 0.15) is 11.3 Å². The first-order valence-electron chi connectivity index (χ1n) is 8.16. The Balaban J connectivity index is 1.69. The molecule has 25 heavy (non-hydrogen) atoms. The first kappa shape index (κ1) is 17.5. The Bertz CT molecular complexity index is 856. The number of carbonyl (C=O) groups excluding carboxylic acids is 1. The predicted molar refractivity (Wildman–Crippen MR) is 98.9 cm³/mol. The Morgan fingerprint density at radius 3 is 2.96 bits per heavy atom. The van der Waals surface area contributed by atoms with Crippen molar-refractivity contribution in [3.05, 3.63) is 47.2 Å². The summed E-state index contributed by atoms with van der Waals surface area (Å²) < 4.78 is 14.0. The lowest BCUT2D eigenvalue weighted by molar-refractivity contribution is 0.0952. The fourth-order valence-electron chi connectivity index (χ4n) is 2.54. The van der Waals surface area contributed by atoms with E-state index in [1.165, 1.54) is 0 Å². The quantitative estimate of drug-likeness (QED) is 0.603. The van der Waals surface area contributed by atoms with Crippen molar-refractivity contribution < 1.29 is 13.9 Å². The third kappa shape index (κ3) is 4.42. The van der Waals surface area contributed by atoms with Crippen molar-refractivity contribution in [1.29, 1.82) is 0 Å². The molecule has 0 saturated carbocycles. The molecule has 2 aromatic heterocycles. The Labute approximate surface area is 154 Å². The number of imidazole rings is 1. The monoisotopic (exact) mass is 405 g/mol. The van der Waals surface area contributed by atoms with Crippen LogP contribution in [0.15, 0.2) is 46.0 Å². The number of furan rings is 1. The lowest BCUT2D eigenvalue weighted by Gasteiger charge is -2.12. The smallest absolute Gasteiger partial charge is 0.251 e. The van der Waals surface area contributed by atoms with E-state index in [4.69, 9.17) is 9.15 Å². The topological polar surface area (TPSA) is 69.3 Å². The Hall–Kier alpha value is -2.28. The number of hydrogen-bond donors (Lipinski definition) is 1. The van der Waals surface area contributed by atoms with Crippen molar-refractivity contribution in [2.24, 2.45) is 0 Å². The summed E-state index contributed by atoms with van der Waals surface area (Å²) >= 11 is 3.33. The fraction of sp³-hybridized carbons (Fsp3) is 0.333. The van der Waals surface area contributed by atoms with Crippen LogP contribution in [0, 0.1) is 0 Å². The molecule has 0 saturated heterocycles. The molecule has 132 valence electrons. The van der Waals surface area contributed by atoms with Gasteiger partial charge in [0.2, 0.25) is 0 Å². The molecule has 0 aliphatic heterocycles. The first-order chi connectivity index (χ1) is 12.0. The zero-order valence-electron chi connectivity index (χ0n) is 14.2. The van der Waals surface area contributed by atoms with Gasteiger partial charge in [-0.2, -0.15) is 0 Å². The number of nitrogens with zero attached hydrogens (tertiary/aromatic N) is 2. The van der Waals surface area contributed by atoms with Crippen LogP contribution in [0.2, 0.25) is 0 Å². The number of benzene rings is 1. The van der Waals surface area contributed by atoms with E-state index in [2.05, 4.69) is 26.2 Å². The van der Waals surface area contributed by atoms with Crippen LogP contribution >= 0.6 is 15.9 Å². The number of amides is 1. The molecule has 7 heteroatoms. The number of nitrogens with one attached hydrogen (secondary N) is 1. The van der Waals surface area contributed by atoms with Gasteiger partial charge in [-0.3, -0.25) is 4.79 Å². The standard InChI is InChI=1S/C18H20BrN3O3/c1-12(2)24-15-8-13(9-16-14(15)10-17(19)25-16)18(23)21-4-3-6-22-7-5-20-11-22/h5,7-12H,3-4,6H2,1-2H3,(H,21,23). The van der Waals surface area contributed by atoms with Gasteiger partial charge in [0.05, 0.1) is 17.8 Å². The number of fused-ring (bicyclic) bond motifs is 1. The maximum absolute atomic E-state index is 12.5. The molecule has 0 unspecified atom stereocenters. The summed E-state index contributed by atoms with van der Waals surface area (Å²) in [5.74, 6) is 0.499. The molecule has 0 fully saturated rings. The van der Waals surface area contributed by atoms with Crippen LogP contribution in [-0.2, 0) is 6.54 Å². The third-order valence-corrected chi connectivity index (χ3v) is 4.02. The van der Waals surface area contributed by atoms with Gasteiger partial charge >= 0.3 is 0 Å². The molecule has 3 rings (SSSR count). The van der Waals surface area contributed by atoms with Gasteiger partial charge in [-0.15, -0.1) is 0 Å². The fourth-order valence-corrected chi connectivity index (χ4v) is 2.95. The Morgan fingerprint density at radius 2 is 2.24 bits per heavy atom. The highest BCUT2D eigenvalue weighted by molar-refractivity contribution is 9.10. The minimum atomic E-state index is -0.145. The van der Waals surface area contributed by atoms with Gasteiger partial charge in [-0.25, -0.2) is 4.98 Å². The summed E-state index contributed by atoms with van der Waals surface area (Å²) in [5, 5.41) is 3.78. The minimum absolute atomic E-state index is 0.00497. The predicted octanol–water partition coefficient (Wildman–Crippen LogP) is 4.00. The van der Waals surface area contributed by atoms with E-state index in [1.807, 2.05) is 30.7 Å². The molecule has 1 amide bonds. The molecule has 3 aromatic rings. The highest BCUT2D eigenvalue weighted by Crippen LogP contribution is 2.33. The second-order valence-electron chi connectivity index (χ2n) is 6.01. The van der Waals surface area contributed by atoms with Gasteiger partial charge in [-0.05, 0) is 48.3 Å². The lowest BCUT2D eigenvalue weighted by Crippen LogP contribution is -2.25. The molecule has 0 aliphatic carbocycles. The van der Waals surface area contributed by atoms with Crippen molar-refractivity contribution in [3.8, 4) is 5.75 Å². The maximum atomic E-state index is 12.5. The van der Waals surface area contributed by atoms with Gasteiger partial charge in [-0.1, -0.05) is 0 Å². The average Bonchev–Trinajstić information content (AvgIpc) is 3.19. The number of aromatic nitrogens is 2. The number of halogens is 1. The first-order valence-corrected chi connectivity index (χ1v) is 8.96. The Kier molecular flexibility index (Phi) is 5.43.